The number of amides is 1. The van der Waals surface area contributed by atoms with Gasteiger partial charge in [0.15, 0.2) is 0 Å². The zero-order chi connectivity index (χ0) is 15.5. The minimum atomic E-state index is -0.328. The molecule has 0 bridgehead atoms. The summed E-state index contributed by atoms with van der Waals surface area (Å²) in [6.07, 6.45) is 2.64. The van der Waals surface area contributed by atoms with E-state index in [2.05, 4.69) is 22.8 Å². The van der Waals surface area contributed by atoms with Crippen LogP contribution in [-0.4, -0.2) is 23.6 Å². The number of nitrogens with one attached hydrogen (secondary N) is 2. The van der Waals surface area contributed by atoms with Crippen molar-refractivity contribution in [2.75, 3.05) is 13.1 Å². The van der Waals surface area contributed by atoms with Crippen molar-refractivity contribution in [3.63, 3.8) is 0 Å². The largest absolute Gasteiger partial charge is 0.350 e. The van der Waals surface area contributed by atoms with Crippen LogP contribution in [0.25, 0.3) is 0 Å². The lowest BCUT2D eigenvalue weighted by Gasteiger charge is -2.27. The number of halogens is 1. The molecule has 0 spiro atoms. The molecule has 3 rings (SSSR count). The number of rotatable bonds is 3. The molecule has 2 aromatic rings. The third kappa shape index (κ3) is 3.63. The fraction of sp³-hybridized carbons (Fsp3) is 0.294. The molecule has 1 atom stereocenters. The number of aromatic nitrogens is 1. The van der Waals surface area contributed by atoms with Gasteiger partial charge in [-0.1, -0.05) is 24.3 Å². The van der Waals surface area contributed by atoms with Crippen LogP contribution in [0.3, 0.4) is 0 Å². The average Bonchev–Trinajstić information content (AvgIpc) is 2.55. The molecule has 23 heavy (non-hydrogen) atoms. The van der Waals surface area contributed by atoms with Crippen LogP contribution in [0, 0.1) is 0 Å². The molecule has 2 N–H and O–H groups in total. The van der Waals surface area contributed by atoms with Gasteiger partial charge in [-0.15, -0.1) is 12.4 Å². The molecule has 1 aliphatic rings. The summed E-state index contributed by atoms with van der Waals surface area (Å²) in [5.41, 5.74) is 2.43. The minimum Gasteiger partial charge on any atom is -0.350 e. The van der Waals surface area contributed by atoms with E-state index in [4.69, 9.17) is 0 Å². The van der Waals surface area contributed by atoms with Crippen molar-refractivity contribution >= 4 is 18.3 Å². The zero-order valence-corrected chi connectivity index (χ0v) is 13.7. The van der Waals surface area contributed by atoms with Gasteiger partial charge in [0.1, 0.15) is 5.56 Å². The number of benzene rings is 1. The molecule has 1 aliphatic heterocycles. The first-order chi connectivity index (χ1) is 10.7. The second-order valence-corrected chi connectivity index (χ2v) is 5.50. The molecule has 0 saturated heterocycles. The Hall–Kier alpha value is -2.11. The standard InChI is InChI=1S/C17H19N3O2.ClH/c1-20-10-4-7-14(17(20)22)16(21)19-11-15-13-6-3-2-5-12(13)8-9-18-15;/h2-7,10,15,18H,8-9,11H2,1H3,(H,19,21);1H. The fourth-order valence-corrected chi connectivity index (χ4v) is 2.84. The second-order valence-electron chi connectivity index (χ2n) is 5.50. The average molecular weight is 334 g/mol. The molecular weight excluding hydrogens is 314 g/mol. The molecule has 5 nitrogen and oxygen atoms in total. The van der Waals surface area contributed by atoms with E-state index in [1.54, 1.807) is 25.4 Å². The molecule has 1 amide bonds. The lowest BCUT2D eigenvalue weighted by molar-refractivity contribution is 0.0947. The van der Waals surface area contributed by atoms with Crippen LogP contribution >= 0.6 is 12.4 Å². The van der Waals surface area contributed by atoms with Crippen LogP contribution in [0.4, 0.5) is 0 Å². The number of aryl methyl sites for hydroxylation is 1. The first-order valence-corrected chi connectivity index (χ1v) is 7.42. The van der Waals surface area contributed by atoms with Gasteiger partial charge in [0.05, 0.1) is 0 Å². The summed E-state index contributed by atoms with van der Waals surface area (Å²) in [5.74, 6) is -0.328. The van der Waals surface area contributed by atoms with Crippen molar-refractivity contribution in [3.05, 3.63) is 69.6 Å². The van der Waals surface area contributed by atoms with Crippen molar-refractivity contribution in [1.29, 1.82) is 0 Å². The Morgan fingerprint density at radius 3 is 2.91 bits per heavy atom. The van der Waals surface area contributed by atoms with Gasteiger partial charge in [0.2, 0.25) is 0 Å². The summed E-state index contributed by atoms with van der Waals surface area (Å²) in [7, 11) is 1.64. The lowest BCUT2D eigenvalue weighted by Crippen LogP contribution is -2.40. The number of pyridine rings is 1. The molecule has 2 heterocycles. The molecule has 0 saturated carbocycles. The van der Waals surface area contributed by atoms with Crippen LogP contribution in [-0.2, 0) is 13.5 Å². The summed E-state index contributed by atoms with van der Waals surface area (Å²) >= 11 is 0. The molecule has 0 aliphatic carbocycles. The highest BCUT2D eigenvalue weighted by atomic mass is 35.5. The van der Waals surface area contributed by atoms with Crippen LogP contribution < -0.4 is 16.2 Å². The molecule has 0 fully saturated rings. The van der Waals surface area contributed by atoms with Crippen molar-refractivity contribution in [2.24, 2.45) is 7.05 Å². The third-order valence-corrected chi connectivity index (χ3v) is 4.05. The van der Waals surface area contributed by atoms with Crippen molar-refractivity contribution in [3.8, 4) is 0 Å². The number of hydrogen-bond acceptors (Lipinski definition) is 3. The van der Waals surface area contributed by atoms with Crippen LogP contribution in [0.15, 0.2) is 47.4 Å². The quantitative estimate of drug-likeness (QED) is 0.893. The van der Waals surface area contributed by atoms with Gasteiger partial charge in [-0.05, 0) is 36.2 Å². The zero-order valence-electron chi connectivity index (χ0n) is 12.9. The summed E-state index contributed by atoms with van der Waals surface area (Å²) in [6, 6.07) is 11.6. The van der Waals surface area contributed by atoms with E-state index in [1.807, 2.05) is 12.1 Å². The predicted molar refractivity (Wildman–Crippen MR) is 92.2 cm³/mol. The number of fused-ring (bicyclic) bond motifs is 1. The van der Waals surface area contributed by atoms with E-state index < -0.39 is 0 Å². The van der Waals surface area contributed by atoms with E-state index in [1.165, 1.54) is 15.7 Å². The topological polar surface area (TPSA) is 63.1 Å². The molecule has 0 radical (unpaired) electrons. The van der Waals surface area contributed by atoms with E-state index in [0.717, 1.165) is 13.0 Å². The molecule has 1 aromatic heterocycles. The molecular formula is C17H20ClN3O2. The molecule has 1 unspecified atom stereocenters. The second kappa shape index (κ2) is 7.44. The van der Waals surface area contributed by atoms with Gasteiger partial charge in [-0.25, -0.2) is 0 Å². The van der Waals surface area contributed by atoms with Crippen molar-refractivity contribution in [2.45, 2.75) is 12.5 Å². The molecule has 1 aromatic carbocycles. The van der Waals surface area contributed by atoms with Crippen molar-refractivity contribution in [1.82, 2.24) is 15.2 Å². The summed E-state index contributed by atoms with van der Waals surface area (Å²) in [4.78, 5) is 24.2. The van der Waals surface area contributed by atoms with Gasteiger partial charge in [-0.3, -0.25) is 9.59 Å². The highest BCUT2D eigenvalue weighted by molar-refractivity contribution is 5.93. The maximum absolute atomic E-state index is 12.2. The van der Waals surface area contributed by atoms with Crippen LogP contribution in [0.1, 0.15) is 27.5 Å². The van der Waals surface area contributed by atoms with Gasteiger partial charge < -0.3 is 15.2 Å². The van der Waals surface area contributed by atoms with Crippen molar-refractivity contribution < 1.29 is 4.79 Å². The number of carbonyl (C=O) groups excluding carboxylic acids is 1. The molecule has 122 valence electrons. The monoisotopic (exact) mass is 333 g/mol. The Morgan fingerprint density at radius 2 is 2.09 bits per heavy atom. The summed E-state index contributed by atoms with van der Waals surface area (Å²) < 4.78 is 1.41. The van der Waals surface area contributed by atoms with Gasteiger partial charge in [0, 0.05) is 25.8 Å². The normalized spacial score (nSPS) is 16.1. The maximum Gasteiger partial charge on any atom is 0.263 e. The minimum absolute atomic E-state index is 0. The Morgan fingerprint density at radius 1 is 1.30 bits per heavy atom. The SMILES string of the molecule is Cl.Cn1cccc(C(=O)NCC2NCCc3ccccc32)c1=O. The van der Waals surface area contributed by atoms with E-state index in [9.17, 15) is 9.59 Å². The smallest absolute Gasteiger partial charge is 0.263 e. The van der Waals surface area contributed by atoms with Gasteiger partial charge >= 0.3 is 0 Å². The number of hydrogen-bond donors (Lipinski definition) is 2. The molecule has 6 heteroatoms. The maximum atomic E-state index is 12.2. The van der Waals surface area contributed by atoms with Crippen LogP contribution in [0.2, 0.25) is 0 Å². The number of nitrogens with zero attached hydrogens (tertiary/aromatic N) is 1. The highest BCUT2D eigenvalue weighted by Gasteiger charge is 2.20. The first kappa shape index (κ1) is 17.2. The fourth-order valence-electron chi connectivity index (χ4n) is 2.84. The predicted octanol–water partition coefficient (Wildman–Crippen LogP) is 1.42. The van der Waals surface area contributed by atoms with E-state index in [-0.39, 0.29) is 35.5 Å². The lowest BCUT2D eigenvalue weighted by atomic mass is 9.94. The third-order valence-electron chi connectivity index (χ3n) is 4.05. The first-order valence-electron chi connectivity index (χ1n) is 7.42. The van der Waals surface area contributed by atoms with Gasteiger partial charge in [0.25, 0.3) is 11.5 Å². The highest BCUT2D eigenvalue weighted by Crippen LogP contribution is 2.21. The summed E-state index contributed by atoms with van der Waals surface area (Å²) in [6.45, 7) is 1.36. The van der Waals surface area contributed by atoms with Crippen LogP contribution in [0.5, 0.6) is 0 Å². The Labute approximate surface area is 141 Å². The summed E-state index contributed by atoms with van der Waals surface area (Å²) in [5, 5.41) is 6.27. The van der Waals surface area contributed by atoms with Gasteiger partial charge in [-0.2, -0.15) is 0 Å². The van der Waals surface area contributed by atoms with E-state index in [0.29, 0.717) is 6.54 Å². The van der Waals surface area contributed by atoms with E-state index >= 15 is 0 Å². The Kier molecular flexibility index (Phi) is 5.58. The Balaban J connectivity index is 0.00000192. The Bertz CT molecular complexity index is 757. The number of carbonyl (C=O) groups is 1.